The van der Waals surface area contributed by atoms with E-state index in [1.807, 2.05) is 6.07 Å². The highest BCUT2D eigenvalue weighted by Gasteiger charge is 2.30. The molecule has 1 aliphatic rings. The van der Waals surface area contributed by atoms with E-state index in [1.54, 1.807) is 29.5 Å². The van der Waals surface area contributed by atoms with E-state index in [1.165, 1.54) is 10.9 Å². The second-order valence-electron chi connectivity index (χ2n) is 6.10. The highest BCUT2D eigenvalue weighted by Crippen LogP contribution is 2.32. The van der Waals surface area contributed by atoms with Crippen LogP contribution in [0.3, 0.4) is 0 Å². The first-order chi connectivity index (χ1) is 12.7. The number of thiophene rings is 1. The zero-order valence-electron chi connectivity index (χ0n) is 13.8. The van der Waals surface area contributed by atoms with Crippen molar-refractivity contribution >= 4 is 11.3 Å². The first-order valence-corrected chi connectivity index (χ1v) is 9.20. The minimum absolute atomic E-state index is 0.0347. The summed E-state index contributed by atoms with van der Waals surface area (Å²) in [5, 5.41) is 6.01. The average Bonchev–Trinajstić information content (AvgIpc) is 3.14. The van der Waals surface area contributed by atoms with Gasteiger partial charge in [0.05, 0.1) is 12.1 Å². The molecule has 5 nitrogen and oxygen atoms in total. The van der Waals surface area contributed by atoms with E-state index in [0.29, 0.717) is 24.0 Å². The number of hydrogen-bond acceptors (Lipinski definition) is 6. The van der Waals surface area contributed by atoms with E-state index in [4.69, 9.17) is 4.52 Å². The highest BCUT2D eigenvalue weighted by atomic mass is 32.1. The van der Waals surface area contributed by atoms with Crippen LogP contribution in [-0.4, -0.2) is 27.7 Å². The predicted molar refractivity (Wildman–Crippen MR) is 93.0 cm³/mol. The molecule has 136 valence electrons. The standard InChI is InChI=1S/C18H17F2N3O2S/c19-18(20)24-15-6-2-1-5-14(15)17-21-16(25-22-17)11-23(12-7-8-12)10-13-4-3-9-26-13/h1-6,9,12,18H,7-8,10-11H2. The molecule has 1 fully saturated rings. The molecule has 0 atom stereocenters. The van der Waals surface area contributed by atoms with Crippen LogP contribution in [0, 0.1) is 0 Å². The lowest BCUT2D eigenvalue weighted by Gasteiger charge is -2.18. The van der Waals surface area contributed by atoms with Gasteiger partial charge in [-0.05, 0) is 36.4 Å². The van der Waals surface area contributed by atoms with Crippen LogP contribution in [0.5, 0.6) is 5.75 Å². The molecule has 4 rings (SSSR count). The lowest BCUT2D eigenvalue weighted by Crippen LogP contribution is -2.24. The molecular weight excluding hydrogens is 360 g/mol. The Morgan fingerprint density at radius 1 is 1.19 bits per heavy atom. The normalized spacial score (nSPS) is 14.3. The molecule has 0 aliphatic heterocycles. The molecule has 0 N–H and O–H groups in total. The van der Waals surface area contributed by atoms with Crippen molar-refractivity contribution in [3.8, 4) is 17.1 Å². The van der Waals surface area contributed by atoms with Crippen LogP contribution in [0.2, 0.25) is 0 Å². The molecule has 0 amide bonds. The first-order valence-electron chi connectivity index (χ1n) is 8.32. The zero-order valence-corrected chi connectivity index (χ0v) is 14.7. The van der Waals surface area contributed by atoms with E-state index in [0.717, 1.165) is 19.4 Å². The number of benzene rings is 1. The molecule has 0 radical (unpaired) electrons. The second kappa shape index (κ2) is 7.51. The summed E-state index contributed by atoms with van der Waals surface area (Å²) in [6, 6.07) is 11.1. The highest BCUT2D eigenvalue weighted by molar-refractivity contribution is 7.09. The topological polar surface area (TPSA) is 51.4 Å². The summed E-state index contributed by atoms with van der Waals surface area (Å²) in [6.07, 6.45) is 2.33. The number of rotatable bonds is 8. The van der Waals surface area contributed by atoms with Gasteiger partial charge in [-0.15, -0.1) is 11.3 Å². The largest absolute Gasteiger partial charge is 0.434 e. The molecule has 1 saturated carbocycles. The molecule has 1 aromatic carbocycles. The van der Waals surface area contributed by atoms with E-state index < -0.39 is 6.61 Å². The van der Waals surface area contributed by atoms with Gasteiger partial charge in [-0.1, -0.05) is 23.4 Å². The third-order valence-electron chi connectivity index (χ3n) is 4.15. The molecular formula is C18H17F2N3O2S. The summed E-state index contributed by atoms with van der Waals surface area (Å²) in [4.78, 5) is 7.98. The number of nitrogens with zero attached hydrogens (tertiary/aromatic N) is 3. The molecule has 2 aromatic heterocycles. The molecule has 26 heavy (non-hydrogen) atoms. The van der Waals surface area contributed by atoms with Crippen molar-refractivity contribution in [1.29, 1.82) is 0 Å². The summed E-state index contributed by atoms with van der Waals surface area (Å²) < 4.78 is 35.1. The second-order valence-corrected chi connectivity index (χ2v) is 7.13. The Labute approximate surface area is 153 Å². The van der Waals surface area contributed by atoms with Gasteiger partial charge >= 0.3 is 6.61 Å². The zero-order chi connectivity index (χ0) is 17.9. The van der Waals surface area contributed by atoms with E-state index in [2.05, 4.69) is 31.2 Å². The number of halogens is 2. The fourth-order valence-electron chi connectivity index (χ4n) is 2.81. The molecule has 0 spiro atoms. The first kappa shape index (κ1) is 17.1. The maximum absolute atomic E-state index is 12.6. The Hall–Kier alpha value is -2.32. The van der Waals surface area contributed by atoms with Gasteiger partial charge in [0.15, 0.2) is 0 Å². The summed E-state index contributed by atoms with van der Waals surface area (Å²) in [7, 11) is 0. The Morgan fingerprint density at radius 2 is 2.04 bits per heavy atom. The summed E-state index contributed by atoms with van der Waals surface area (Å²) >= 11 is 1.72. The number of hydrogen-bond donors (Lipinski definition) is 0. The van der Waals surface area contributed by atoms with Crippen molar-refractivity contribution in [3.63, 3.8) is 0 Å². The Kier molecular flexibility index (Phi) is 4.94. The molecule has 2 heterocycles. The van der Waals surface area contributed by atoms with Crippen molar-refractivity contribution < 1.29 is 18.0 Å². The van der Waals surface area contributed by atoms with Gasteiger partial charge in [0.25, 0.3) is 0 Å². The van der Waals surface area contributed by atoms with Crippen molar-refractivity contribution in [3.05, 3.63) is 52.5 Å². The summed E-state index contributed by atoms with van der Waals surface area (Å²) in [6.45, 7) is -1.53. The lowest BCUT2D eigenvalue weighted by molar-refractivity contribution is -0.0494. The smallest absolute Gasteiger partial charge is 0.387 e. The number of ether oxygens (including phenoxy) is 1. The molecule has 8 heteroatoms. The molecule has 1 aliphatic carbocycles. The number of aromatic nitrogens is 2. The van der Waals surface area contributed by atoms with Crippen LogP contribution in [0.15, 0.2) is 46.3 Å². The van der Waals surface area contributed by atoms with Gasteiger partial charge in [-0.25, -0.2) is 0 Å². The van der Waals surface area contributed by atoms with Crippen molar-refractivity contribution in [2.24, 2.45) is 0 Å². The van der Waals surface area contributed by atoms with E-state index in [9.17, 15) is 8.78 Å². The Balaban J connectivity index is 1.51. The molecule has 0 saturated heterocycles. The third kappa shape index (κ3) is 4.08. The summed E-state index contributed by atoms with van der Waals surface area (Å²) in [5.41, 5.74) is 0.388. The fourth-order valence-corrected chi connectivity index (χ4v) is 3.54. The van der Waals surface area contributed by atoms with Crippen LogP contribution in [0.1, 0.15) is 23.6 Å². The predicted octanol–water partition coefficient (Wildman–Crippen LogP) is 4.56. The third-order valence-corrected chi connectivity index (χ3v) is 5.01. The number of para-hydroxylation sites is 1. The van der Waals surface area contributed by atoms with Gasteiger partial charge in [-0.2, -0.15) is 13.8 Å². The van der Waals surface area contributed by atoms with Gasteiger partial charge in [0.2, 0.25) is 11.7 Å². The SMILES string of the molecule is FC(F)Oc1ccccc1-c1noc(CN(Cc2cccs2)C2CC2)n1. The minimum Gasteiger partial charge on any atom is -0.434 e. The van der Waals surface area contributed by atoms with Gasteiger partial charge in [0.1, 0.15) is 5.75 Å². The molecule has 0 unspecified atom stereocenters. The van der Waals surface area contributed by atoms with E-state index in [-0.39, 0.29) is 11.6 Å². The van der Waals surface area contributed by atoms with Crippen molar-refractivity contribution in [2.75, 3.05) is 0 Å². The van der Waals surface area contributed by atoms with Gasteiger partial charge < -0.3 is 9.26 Å². The quantitative estimate of drug-likeness (QED) is 0.576. The average molecular weight is 377 g/mol. The van der Waals surface area contributed by atoms with Crippen LogP contribution >= 0.6 is 11.3 Å². The van der Waals surface area contributed by atoms with Crippen LogP contribution in [-0.2, 0) is 13.1 Å². The maximum Gasteiger partial charge on any atom is 0.387 e. The Morgan fingerprint density at radius 3 is 2.77 bits per heavy atom. The van der Waals surface area contributed by atoms with E-state index >= 15 is 0 Å². The number of alkyl halides is 2. The van der Waals surface area contributed by atoms with Gasteiger partial charge in [0, 0.05) is 17.5 Å². The van der Waals surface area contributed by atoms with Crippen molar-refractivity contribution in [2.45, 2.75) is 38.6 Å². The van der Waals surface area contributed by atoms with Gasteiger partial charge in [-0.3, -0.25) is 4.90 Å². The maximum atomic E-state index is 12.6. The van der Waals surface area contributed by atoms with Crippen molar-refractivity contribution in [1.82, 2.24) is 15.0 Å². The Bertz CT molecular complexity index is 850. The lowest BCUT2D eigenvalue weighted by atomic mass is 10.2. The fraction of sp³-hybridized carbons (Fsp3) is 0.333. The molecule has 0 bridgehead atoms. The molecule has 3 aromatic rings. The van der Waals surface area contributed by atoms with Crippen LogP contribution < -0.4 is 4.74 Å². The monoisotopic (exact) mass is 377 g/mol. The summed E-state index contributed by atoms with van der Waals surface area (Å²) in [5.74, 6) is 0.755. The van der Waals surface area contributed by atoms with Crippen LogP contribution in [0.4, 0.5) is 8.78 Å². The minimum atomic E-state index is -2.90. The van der Waals surface area contributed by atoms with Crippen LogP contribution in [0.25, 0.3) is 11.4 Å².